The van der Waals surface area contributed by atoms with Crippen LogP contribution in [0.5, 0.6) is 0 Å². The summed E-state index contributed by atoms with van der Waals surface area (Å²) >= 11 is 0. The van der Waals surface area contributed by atoms with E-state index < -0.39 is 247 Å². The molecule has 0 radical (unpaired) electrons. The number of hydrogen-bond acceptors (Lipinski definition) is 37. The molecule has 5 aliphatic rings. The lowest BCUT2D eigenvalue weighted by Gasteiger charge is -2.51. The average molecular weight is 1450 g/mol. The zero-order valence-electron chi connectivity index (χ0n) is 47.7. The molecule has 528 valence electrons. The highest BCUT2D eigenvalue weighted by atomic mass is 32.3. The second kappa shape index (κ2) is 32.0. The van der Waals surface area contributed by atoms with Gasteiger partial charge in [0.05, 0.1) is 25.9 Å². The van der Waals surface area contributed by atoms with E-state index in [-0.39, 0.29) is 0 Å². The molecule has 5 heterocycles. The lowest BCUT2D eigenvalue weighted by molar-refractivity contribution is -0.387. The van der Waals surface area contributed by atoms with Gasteiger partial charge in [-0.3, -0.25) is 27.3 Å². The van der Waals surface area contributed by atoms with Crippen LogP contribution in [-0.4, -0.2) is 330 Å². The first-order valence-electron chi connectivity index (χ1n) is 25.0. The Bertz CT molecular complexity index is 3060. The number of rotatable bonds is 33. The number of carboxylic acid groups (broad SMARTS) is 2. The van der Waals surface area contributed by atoms with Crippen molar-refractivity contribution < 1.29 is 203 Å². The van der Waals surface area contributed by atoms with E-state index in [1.807, 2.05) is 0 Å². The fourth-order valence-corrected chi connectivity index (χ4v) is 12.7. The average Bonchev–Trinajstić information content (AvgIpc) is 0.772. The van der Waals surface area contributed by atoms with Gasteiger partial charge in [0.15, 0.2) is 43.5 Å². The van der Waals surface area contributed by atoms with E-state index in [1.54, 1.807) is 0 Å². The van der Waals surface area contributed by atoms with Crippen LogP contribution < -0.4 is 0 Å². The number of carboxylic acids is 2. The van der Waals surface area contributed by atoms with Gasteiger partial charge in [0.25, 0.3) is 0 Å². The molecule has 90 heavy (non-hydrogen) atoms. The van der Waals surface area contributed by atoms with Crippen LogP contribution in [0.2, 0.25) is 0 Å². The highest BCUT2D eigenvalue weighted by molar-refractivity contribution is 7.82. The van der Waals surface area contributed by atoms with Gasteiger partial charge in [0.1, 0.15) is 104 Å². The summed E-state index contributed by atoms with van der Waals surface area (Å²) in [5.74, 6) is -4.09. The second-order valence-corrected chi connectivity index (χ2v) is 25.5. The summed E-state index contributed by atoms with van der Waals surface area (Å²) in [6.45, 7) is -2.73. The molecule has 5 saturated heterocycles. The minimum atomic E-state index is -6.13. The molecule has 0 bridgehead atoms. The Morgan fingerprint density at radius 1 is 0.311 bits per heavy atom. The number of ether oxygens (including phenoxy) is 17. The van der Waals surface area contributed by atoms with Gasteiger partial charge in [-0.15, -0.1) is 0 Å². The molecule has 0 spiro atoms. The molecular formula is C39H66O45S6. The Balaban J connectivity index is 1.60. The van der Waals surface area contributed by atoms with Crippen LogP contribution >= 0.6 is 0 Å². The quantitative estimate of drug-likeness (QED) is 0.0283. The van der Waals surface area contributed by atoms with Crippen molar-refractivity contribution in [2.24, 2.45) is 0 Å². The Hall–Kier alpha value is -2.52. The third kappa shape index (κ3) is 21.0. The van der Waals surface area contributed by atoms with Crippen LogP contribution in [0.3, 0.4) is 0 Å². The van der Waals surface area contributed by atoms with Crippen molar-refractivity contribution in [1.29, 1.82) is 0 Å². The molecule has 0 aromatic heterocycles. The highest BCUT2D eigenvalue weighted by Crippen LogP contribution is 2.41. The largest absolute Gasteiger partial charge is 0.479 e. The highest BCUT2D eigenvalue weighted by Gasteiger charge is 2.62. The van der Waals surface area contributed by atoms with Crippen molar-refractivity contribution in [2.45, 2.75) is 160 Å². The molecule has 51 heteroatoms. The zero-order valence-corrected chi connectivity index (χ0v) is 52.6. The molecule has 5 aliphatic heterocycles. The molecule has 0 saturated carbocycles. The summed E-state index contributed by atoms with van der Waals surface area (Å²) in [4.78, 5) is 26.5. The van der Waals surface area contributed by atoms with Crippen LogP contribution in [0.15, 0.2) is 0 Å². The van der Waals surface area contributed by atoms with Crippen molar-refractivity contribution in [2.75, 3.05) is 76.7 Å². The van der Waals surface area contributed by atoms with E-state index in [9.17, 15) is 97.6 Å². The van der Waals surface area contributed by atoms with E-state index in [1.165, 1.54) is 0 Å². The van der Waals surface area contributed by atoms with Crippen molar-refractivity contribution in [3.8, 4) is 0 Å². The van der Waals surface area contributed by atoms with Crippen LogP contribution in [-0.2, 0) is 178 Å². The maximum absolute atomic E-state index is 13.3. The number of hydrogen-bond donors (Lipinski definition) is 8. The van der Waals surface area contributed by atoms with Gasteiger partial charge >= 0.3 is 74.3 Å². The Kier molecular flexibility index (Phi) is 27.8. The normalized spacial score (nSPS) is 38.6. The zero-order chi connectivity index (χ0) is 68.0. The molecule has 5 rings (SSSR count). The van der Waals surface area contributed by atoms with Crippen LogP contribution in [0.25, 0.3) is 0 Å². The van der Waals surface area contributed by atoms with Crippen molar-refractivity contribution in [3.05, 3.63) is 0 Å². The van der Waals surface area contributed by atoms with Crippen molar-refractivity contribution in [1.82, 2.24) is 0 Å². The summed E-state index contributed by atoms with van der Waals surface area (Å²) in [6.07, 6.45) is -53.0. The van der Waals surface area contributed by atoms with Crippen LogP contribution in [0.4, 0.5) is 0 Å². The molecular weight excluding hydrogens is 1380 g/mol. The van der Waals surface area contributed by atoms with E-state index in [0.29, 0.717) is 0 Å². The van der Waals surface area contributed by atoms with E-state index in [4.69, 9.17) is 93.1 Å². The first-order chi connectivity index (χ1) is 41.6. The predicted molar refractivity (Wildman–Crippen MR) is 272 cm³/mol. The molecule has 45 nitrogen and oxygen atoms in total. The Labute approximate surface area is 512 Å². The predicted octanol–water partition coefficient (Wildman–Crippen LogP) is -6.47. The summed E-state index contributed by atoms with van der Waals surface area (Å²) < 4.78 is 329. The first kappa shape index (κ1) is 78.2. The maximum atomic E-state index is 13.3. The van der Waals surface area contributed by atoms with Crippen molar-refractivity contribution >= 4 is 74.3 Å². The van der Waals surface area contributed by atoms with Gasteiger partial charge in [0, 0.05) is 56.9 Å². The summed E-state index contributed by atoms with van der Waals surface area (Å²) in [7, 11) is -26.0. The lowest BCUT2D eigenvalue weighted by atomic mass is 9.94. The summed E-state index contributed by atoms with van der Waals surface area (Å²) in [5.41, 5.74) is 0. The Morgan fingerprint density at radius 3 is 0.889 bits per heavy atom. The first-order valence-corrected chi connectivity index (χ1v) is 33.2. The molecule has 25 atom stereocenters. The Morgan fingerprint density at radius 2 is 0.567 bits per heavy atom. The monoisotopic (exact) mass is 1450 g/mol. The summed E-state index contributed by atoms with van der Waals surface area (Å²) in [5, 5.41) is 21.4. The van der Waals surface area contributed by atoms with Gasteiger partial charge in [-0.1, -0.05) is 0 Å². The van der Waals surface area contributed by atoms with Crippen molar-refractivity contribution in [3.63, 3.8) is 0 Å². The smallest absolute Gasteiger partial charge is 0.397 e. The molecule has 5 fully saturated rings. The van der Waals surface area contributed by atoms with Gasteiger partial charge in [-0.25, -0.2) is 34.7 Å². The van der Waals surface area contributed by atoms with Gasteiger partial charge in [-0.05, 0) is 6.92 Å². The van der Waals surface area contributed by atoms with E-state index in [0.717, 1.165) is 63.8 Å². The van der Waals surface area contributed by atoms with Crippen LogP contribution in [0.1, 0.15) is 6.92 Å². The number of carbonyl (C=O) groups is 2. The summed E-state index contributed by atoms with van der Waals surface area (Å²) in [6, 6.07) is 0. The van der Waals surface area contributed by atoms with Gasteiger partial charge in [0.2, 0.25) is 0 Å². The third-order valence-corrected chi connectivity index (χ3v) is 16.4. The topological polar surface area (TPSA) is 613 Å². The third-order valence-electron chi connectivity index (χ3n) is 13.7. The maximum Gasteiger partial charge on any atom is 0.397 e. The van der Waals surface area contributed by atoms with Gasteiger partial charge in [-0.2, -0.15) is 50.5 Å². The van der Waals surface area contributed by atoms with Gasteiger partial charge < -0.3 is 90.7 Å². The fraction of sp³-hybridized carbons (Fsp3) is 0.949. The lowest BCUT2D eigenvalue weighted by Crippen LogP contribution is -2.70. The molecule has 1 unspecified atom stereocenters. The standard InChI is InChI=1S/C39H66O45S6/c1-13-17(82-88(53,54)55)21(63-3)19(15(73-13)11-71-86(47,48)49)76-37-31(68-8)24(66-6)26(29(80-37)35(42)43)79-39-33(84-90(59,60)61)27(83-89(56,57)58)20(16(75-39)12-72-87(50,51)52)77-38-32(69-9)23(65-5)25(28(81-38)34(40)41)78-36-30(67-7)22(64-4)18(62-2)14(74-36)10-70-85(44,45)46/h13-33,36-39H,10-12H2,1-9H3,(H,40,41)(H,42,43)(H,44,45,46)(H,47,48,49)(H,50,51,52)(H,53,54,55)(H,56,57,58)(H,59,60,61)/t13-,14-,15-,16-,17+,18-,19-,20-,21-,22+,23+,24?,25+,26+,27+,28+,29-,30-,31-,32-,33-,36-,37-,38-,39-/m1/s1. The number of aliphatic carboxylic acids is 2. The molecule has 0 amide bonds. The second-order valence-electron chi connectivity index (χ2n) is 19.1. The molecule has 8 N–H and O–H groups in total. The minimum absolute atomic E-state index is 0.829. The van der Waals surface area contributed by atoms with E-state index >= 15 is 0 Å². The fourth-order valence-electron chi connectivity index (χ4n) is 10.3. The molecule has 0 aliphatic carbocycles. The molecule has 0 aromatic rings. The van der Waals surface area contributed by atoms with Crippen LogP contribution in [0, 0.1) is 0 Å². The minimum Gasteiger partial charge on any atom is -0.479 e. The SMILES string of the molecule is COC1[C@@H](OC)[C@H](O[C@H]2[C@H](OC)[C@@H](OS(=O)(=O)O)[C@@H](C)O[C@@H]2COS(=O)(=O)O)O[C@@H](C(=O)O)[C@H]1O[C@H]1O[C@H](COS(=O)(=O)O)[C@@H](O[C@@H]2O[C@H](C(=O)O)[C@@H](O[C@H]3O[C@H](COS(=O)(=O)O)[C@@H](OC)[C@H](OC)[C@H]3OC)[C@H](OC)[C@H]2OC)[C@H](OS(=O)(=O)O)[C@H]1OS(=O)(=O)O. The molecule has 0 aromatic carbocycles. The van der Waals surface area contributed by atoms with E-state index in [2.05, 4.69) is 12.5 Å². The number of methoxy groups -OCH3 is 8.